The summed E-state index contributed by atoms with van der Waals surface area (Å²) < 4.78 is 5.48. The van der Waals surface area contributed by atoms with Gasteiger partial charge in [0.1, 0.15) is 5.75 Å². The average Bonchev–Trinajstić information content (AvgIpc) is 3.07. The van der Waals surface area contributed by atoms with Crippen LogP contribution in [-0.2, 0) is 11.3 Å². The molecule has 3 aromatic carbocycles. The summed E-state index contributed by atoms with van der Waals surface area (Å²) in [4.78, 5) is 49.8. The summed E-state index contributed by atoms with van der Waals surface area (Å²) in [6.45, 7) is -0.245. The first-order chi connectivity index (χ1) is 16.7. The fourth-order valence-electron chi connectivity index (χ4n) is 3.27. The number of halogens is 2. The number of carbonyl (C=O) groups excluding carboxylic acids is 3. The van der Waals surface area contributed by atoms with Gasteiger partial charge in [-0.25, -0.2) is 4.79 Å². The Balaban J connectivity index is 1.58. The maximum Gasteiger partial charge on any atom is 0.345 e. The van der Waals surface area contributed by atoms with E-state index in [1.54, 1.807) is 24.3 Å². The SMILES string of the molecule is O=C(Oc1ccccc1/C=C1\SC(=O)N(Cc2ccccc2[N+](=O)[O-])C1=O)c1ccc(Cl)cc1Cl. The summed E-state index contributed by atoms with van der Waals surface area (Å²) in [5, 5.41) is 11.2. The lowest BCUT2D eigenvalue weighted by atomic mass is 10.1. The molecular formula is C24H14Cl2N2O6S. The highest BCUT2D eigenvalue weighted by atomic mass is 35.5. The van der Waals surface area contributed by atoms with E-state index in [2.05, 4.69) is 0 Å². The summed E-state index contributed by atoms with van der Waals surface area (Å²) in [6.07, 6.45) is 1.43. The molecule has 11 heteroatoms. The van der Waals surface area contributed by atoms with Crippen LogP contribution in [0, 0.1) is 10.1 Å². The van der Waals surface area contributed by atoms with Crippen molar-refractivity contribution in [3.63, 3.8) is 0 Å². The molecule has 1 aliphatic heterocycles. The fraction of sp³-hybridized carbons (Fsp3) is 0.0417. The van der Waals surface area contributed by atoms with E-state index >= 15 is 0 Å². The number of hydrogen-bond donors (Lipinski definition) is 0. The Bertz CT molecular complexity index is 1410. The third kappa shape index (κ3) is 5.37. The van der Waals surface area contributed by atoms with Crippen molar-refractivity contribution in [1.82, 2.24) is 4.90 Å². The highest BCUT2D eigenvalue weighted by Gasteiger charge is 2.36. The predicted molar refractivity (Wildman–Crippen MR) is 132 cm³/mol. The lowest BCUT2D eigenvalue weighted by Gasteiger charge is -2.12. The van der Waals surface area contributed by atoms with E-state index in [-0.39, 0.29) is 39.0 Å². The van der Waals surface area contributed by atoms with Gasteiger partial charge >= 0.3 is 5.97 Å². The van der Waals surface area contributed by atoms with Gasteiger partial charge in [0.2, 0.25) is 0 Å². The highest BCUT2D eigenvalue weighted by Crippen LogP contribution is 2.36. The Labute approximate surface area is 213 Å². The molecule has 0 spiro atoms. The number of nitrogens with zero attached hydrogens (tertiary/aromatic N) is 2. The van der Waals surface area contributed by atoms with Gasteiger partial charge in [-0.15, -0.1) is 0 Å². The Morgan fingerprint density at radius 3 is 2.51 bits per heavy atom. The van der Waals surface area contributed by atoms with Crippen LogP contribution in [0.25, 0.3) is 6.08 Å². The average molecular weight is 529 g/mol. The number of rotatable bonds is 6. The second-order valence-electron chi connectivity index (χ2n) is 7.21. The van der Waals surface area contributed by atoms with Crippen LogP contribution in [0.4, 0.5) is 10.5 Å². The van der Waals surface area contributed by atoms with E-state index in [4.69, 9.17) is 27.9 Å². The molecule has 2 amide bonds. The number of benzene rings is 3. The number of nitro groups is 1. The molecule has 3 aromatic rings. The number of amides is 2. The maximum atomic E-state index is 12.9. The van der Waals surface area contributed by atoms with Gasteiger partial charge in [-0.05, 0) is 42.1 Å². The van der Waals surface area contributed by atoms with Gasteiger partial charge in [-0.1, -0.05) is 59.6 Å². The number of thioether (sulfide) groups is 1. The number of esters is 1. The molecule has 1 heterocycles. The van der Waals surface area contributed by atoms with E-state index < -0.39 is 22.0 Å². The first-order valence-electron chi connectivity index (χ1n) is 9.98. The molecule has 0 saturated carbocycles. The number of ether oxygens (including phenoxy) is 1. The zero-order chi connectivity index (χ0) is 25.1. The third-order valence-electron chi connectivity index (χ3n) is 4.95. The Morgan fingerprint density at radius 2 is 1.77 bits per heavy atom. The van der Waals surface area contributed by atoms with Crippen LogP contribution >= 0.6 is 35.0 Å². The number of nitro benzene ring substituents is 1. The van der Waals surface area contributed by atoms with Gasteiger partial charge < -0.3 is 4.74 Å². The monoisotopic (exact) mass is 528 g/mol. The summed E-state index contributed by atoms with van der Waals surface area (Å²) in [7, 11) is 0. The zero-order valence-corrected chi connectivity index (χ0v) is 20.0. The quantitative estimate of drug-likeness (QED) is 0.120. The molecule has 176 valence electrons. The molecule has 0 radical (unpaired) electrons. The van der Waals surface area contributed by atoms with Gasteiger partial charge in [-0.2, -0.15) is 0 Å². The minimum Gasteiger partial charge on any atom is -0.422 e. The van der Waals surface area contributed by atoms with Crippen molar-refractivity contribution < 1.29 is 24.0 Å². The van der Waals surface area contributed by atoms with Gasteiger partial charge in [0.25, 0.3) is 16.8 Å². The second-order valence-corrected chi connectivity index (χ2v) is 9.04. The number of hydrogen-bond acceptors (Lipinski definition) is 7. The van der Waals surface area contributed by atoms with Gasteiger partial charge in [0.05, 0.1) is 27.0 Å². The van der Waals surface area contributed by atoms with E-state index in [0.717, 1.165) is 4.90 Å². The molecule has 0 bridgehead atoms. The molecule has 0 aromatic heterocycles. The van der Waals surface area contributed by atoms with Crippen molar-refractivity contribution in [2.24, 2.45) is 0 Å². The van der Waals surface area contributed by atoms with Crippen molar-refractivity contribution >= 4 is 63.8 Å². The molecule has 8 nitrogen and oxygen atoms in total. The molecule has 1 aliphatic rings. The molecule has 0 aliphatic carbocycles. The highest BCUT2D eigenvalue weighted by molar-refractivity contribution is 8.18. The molecular weight excluding hydrogens is 515 g/mol. The first kappa shape index (κ1) is 24.5. The largest absolute Gasteiger partial charge is 0.422 e. The van der Waals surface area contributed by atoms with Crippen LogP contribution in [0.2, 0.25) is 10.0 Å². The Kier molecular flexibility index (Phi) is 7.20. The smallest absolute Gasteiger partial charge is 0.345 e. The van der Waals surface area contributed by atoms with Crippen LogP contribution in [0.5, 0.6) is 5.75 Å². The summed E-state index contributed by atoms with van der Waals surface area (Å²) in [5.41, 5.74) is 0.529. The minimum atomic E-state index is -0.725. The van der Waals surface area contributed by atoms with Crippen LogP contribution in [0.15, 0.2) is 71.6 Å². The molecule has 0 atom stereocenters. The van der Waals surface area contributed by atoms with E-state index in [9.17, 15) is 24.5 Å². The van der Waals surface area contributed by atoms with Gasteiger partial charge in [-0.3, -0.25) is 24.6 Å². The normalized spacial score (nSPS) is 14.5. The van der Waals surface area contributed by atoms with Crippen LogP contribution in [0.3, 0.4) is 0 Å². The van der Waals surface area contributed by atoms with E-state index in [1.165, 1.54) is 48.5 Å². The van der Waals surface area contributed by atoms with E-state index in [1.807, 2.05) is 0 Å². The number of imide groups is 1. The van der Waals surface area contributed by atoms with Crippen molar-refractivity contribution in [2.75, 3.05) is 0 Å². The molecule has 4 rings (SSSR count). The summed E-state index contributed by atoms with van der Waals surface area (Å²) >= 11 is 12.6. The first-order valence-corrected chi connectivity index (χ1v) is 11.6. The van der Waals surface area contributed by atoms with Gasteiger partial charge in [0, 0.05) is 22.2 Å². The van der Waals surface area contributed by atoms with Crippen LogP contribution in [0.1, 0.15) is 21.5 Å². The number of para-hydroxylation sites is 2. The molecule has 35 heavy (non-hydrogen) atoms. The fourth-order valence-corrected chi connectivity index (χ4v) is 4.59. The Hall–Kier alpha value is -3.66. The lowest BCUT2D eigenvalue weighted by Crippen LogP contribution is -2.27. The lowest BCUT2D eigenvalue weighted by molar-refractivity contribution is -0.385. The van der Waals surface area contributed by atoms with Crippen molar-refractivity contribution in [3.8, 4) is 5.75 Å². The topological polar surface area (TPSA) is 107 Å². The van der Waals surface area contributed by atoms with Gasteiger partial charge in [0.15, 0.2) is 0 Å². The standard InChI is InChI=1S/C24H14Cl2N2O6S/c25-16-9-10-17(18(26)12-16)23(30)34-20-8-4-2-5-14(20)11-21-22(29)27(24(31)35-21)13-15-6-1-3-7-19(15)28(32)33/h1-12H,13H2/b21-11-. The minimum absolute atomic E-state index is 0.0848. The second kappa shape index (κ2) is 10.3. The molecule has 1 saturated heterocycles. The Morgan fingerprint density at radius 1 is 1.06 bits per heavy atom. The van der Waals surface area contributed by atoms with Crippen molar-refractivity contribution in [1.29, 1.82) is 0 Å². The number of carbonyl (C=O) groups is 3. The molecule has 1 fully saturated rings. The van der Waals surface area contributed by atoms with Crippen LogP contribution < -0.4 is 4.74 Å². The maximum absolute atomic E-state index is 12.9. The molecule has 0 N–H and O–H groups in total. The molecule has 0 unspecified atom stereocenters. The van der Waals surface area contributed by atoms with Crippen molar-refractivity contribution in [2.45, 2.75) is 6.54 Å². The van der Waals surface area contributed by atoms with E-state index in [0.29, 0.717) is 22.3 Å². The summed E-state index contributed by atoms with van der Waals surface area (Å²) in [6, 6.07) is 16.7. The predicted octanol–water partition coefficient (Wildman–Crippen LogP) is 6.36. The van der Waals surface area contributed by atoms with Crippen LogP contribution in [-0.4, -0.2) is 26.9 Å². The summed E-state index contributed by atoms with van der Waals surface area (Å²) in [5.74, 6) is -1.19. The third-order valence-corrected chi connectivity index (χ3v) is 6.40. The zero-order valence-electron chi connectivity index (χ0n) is 17.6. The van der Waals surface area contributed by atoms with Crippen molar-refractivity contribution in [3.05, 3.63) is 108 Å².